The number of sulfonamides is 1. The highest BCUT2D eigenvalue weighted by Gasteiger charge is 2.48. The average Bonchev–Trinajstić information content (AvgIpc) is 3.28. The number of amides is 2. The van der Waals surface area contributed by atoms with E-state index >= 15 is 0 Å². The monoisotopic (exact) mass is 537 g/mol. The summed E-state index contributed by atoms with van der Waals surface area (Å²) in [4.78, 5) is 23.1. The number of ether oxygens (including phenoxy) is 2. The highest BCUT2D eigenvalue weighted by molar-refractivity contribution is 7.89. The Morgan fingerprint density at radius 3 is 2.11 bits per heavy atom. The van der Waals surface area contributed by atoms with Crippen LogP contribution in [0.4, 0.5) is 10.5 Å². The Morgan fingerprint density at radius 1 is 0.974 bits per heavy atom. The van der Waals surface area contributed by atoms with Gasteiger partial charge in [-0.05, 0) is 23.3 Å². The van der Waals surface area contributed by atoms with Gasteiger partial charge in [0.15, 0.2) is 0 Å². The molecule has 2 amide bonds. The molecule has 0 unspecified atom stereocenters. The third-order valence-corrected chi connectivity index (χ3v) is 7.87. The lowest BCUT2D eigenvalue weighted by Crippen LogP contribution is -2.47. The molecule has 198 valence electrons. The van der Waals surface area contributed by atoms with E-state index in [2.05, 4.69) is 11.9 Å². The summed E-state index contributed by atoms with van der Waals surface area (Å²) >= 11 is 0. The molecule has 1 heterocycles. The summed E-state index contributed by atoms with van der Waals surface area (Å²) < 4.78 is 39.6. The van der Waals surface area contributed by atoms with Crippen LogP contribution in [0, 0.1) is 10.1 Å². The van der Waals surface area contributed by atoms with Gasteiger partial charge in [0.05, 0.1) is 41.7 Å². The molecule has 38 heavy (non-hydrogen) atoms. The van der Waals surface area contributed by atoms with E-state index in [4.69, 9.17) is 9.47 Å². The molecule has 1 N–H and O–H groups in total. The number of urea groups is 1. The molecule has 0 spiro atoms. The van der Waals surface area contributed by atoms with Gasteiger partial charge in [0.2, 0.25) is 0 Å². The number of benzene rings is 3. The second kappa shape index (κ2) is 12.0. The van der Waals surface area contributed by atoms with E-state index in [1.807, 2.05) is 60.7 Å². The number of non-ortho nitro benzene ring substituents is 1. The summed E-state index contributed by atoms with van der Waals surface area (Å²) in [6.45, 7) is 4.35. The number of nitrogens with zero attached hydrogens (tertiary/aromatic N) is 2. The Kier molecular flexibility index (Phi) is 8.52. The predicted molar refractivity (Wildman–Crippen MR) is 140 cm³/mol. The zero-order valence-electron chi connectivity index (χ0n) is 20.4. The molecular formula is C27H27N3O7S. The maximum Gasteiger partial charge on any atom is 0.332 e. The van der Waals surface area contributed by atoms with Crippen molar-refractivity contribution in [2.45, 2.75) is 36.3 Å². The van der Waals surface area contributed by atoms with Crippen LogP contribution in [-0.2, 0) is 32.7 Å². The molecule has 1 fully saturated rings. The van der Waals surface area contributed by atoms with Crippen LogP contribution < -0.4 is 5.32 Å². The Balaban J connectivity index is 1.56. The molecule has 1 saturated heterocycles. The molecule has 11 heteroatoms. The minimum atomic E-state index is -4.36. The van der Waals surface area contributed by atoms with Gasteiger partial charge in [-0.25, -0.2) is 17.5 Å². The lowest BCUT2D eigenvalue weighted by atomic mass is 10.0. The number of hydrogen-bond donors (Lipinski definition) is 1. The van der Waals surface area contributed by atoms with Crippen molar-refractivity contribution in [3.63, 3.8) is 0 Å². The van der Waals surface area contributed by atoms with E-state index in [1.165, 1.54) is 6.08 Å². The second-order valence-electron chi connectivity index (χ2n) is 8.59. The van der Waals surface area contributed by atoms with E-state index in [1.54, 1.807) is 0 Å². The molecule has 0 aliphatic carbocycles. The molecule has 0 bridgehead atoms. The average molecular weight is 538 g/mol. The molecule has 3 atom stereocenters. The number of rotatable bonds is 12. The van der Waals surface area contributed by atoms with Crippen molar-refractivity contribution in [2.24, 2.45) is 0 Å². The second-order valence-corrected chi connectivity index (χ2v) is 10.4. The first-order valence-corrected chi connectivity index (χ1v) is 13.2. The molecule has 0 aromatic heterocycles. The number of nitro groups is 1. The van der Waals surface area contributed by atoms with Crippen molar-refractivity contribution < 1.29 is 27.6 Å². The highest BCUT2D eigenvalue weighted by atomic mass is 32.2. The Morgan fingerprint density at radius 2 is 1.55 bits per heavy atom. The normalized spacial score (nSPS) is 18.1. The first-order valence-electron chi connectivity index (χ1n) is 11.8. The number of nitrogens with one attached hydrogen (secondary N) is 1. The van der Waals surface area contributed by atoms with E-state index in [9.17, 15) is 23.3 Å². The molecule has 10 nitrogen and oxygen atoms in total. The molecule has 3 aromatic carbocycles. The van der Waals surface area contributed by atoms with Crippen LogP contribution in [-0.4, -0.2) is 48.5 Å². The van der Waals surface area contributed by atoms with Crippen LogP contribution in [0.5, 0.6) is 0 Å². The van der Waals surface area contributed by atoms with Gasteiger partial charge in [0.1, 0.15) is 6.10 Å². The summed E-state index contributed by atoms with van der Waals surface area (Å²) in [5, 5.41) is 13.7. The third kappa shape index (κ3) is 6.08. The lowest BCUT2D eigenvalue weighted by Gasteiger charge is -2.29. The van der Waals surface area contributed by atoms with Crippen LogP contribution in [0.25, 0.3) is 0 Å². The Hall–Kier alpha value is -4.06. The topological polar surface area (TPSA) is 128 Å². The fourth-order valence-corrected chi connectivity index (χ4v) is 5.67. The quantitative estimate of drug-likeness (QED) is 0.210. The minimum Gasteiger partial charge on any atom is -0.374 e. The summed E-state index contributed by atoms with van der Waals surface area (Å²) in [5.41, 5.74) is 1.58. The van der Waals surface area contributed by atoms with Crippen molar-refractivity contribution >= 4 is 21.7 Å². The molecular weight excluding hydrogens is 510 g/mol. The van der Waals surface area contributed by atoms with Crippen LogP contribution in [0.15, 0.2) is 102 Å². The highest BCUT2D eigenvalue weighted by Crippen LogP contribution is 2.28. The minimum absolute atomic E-state index is 0.0719. The number of carbonyl (C=O) groups is 1. The number of nitro benzene ring substituents is 1. The summed E-state index contributed by atoms with van der Waals surface area (Å²) in [6.07, 6.45) is 0.643. The summed E-state index contributed by atoms with van der Waals surface area (Å²) in [7, 11) is -4.36. The van der Waals surface area contributed by atoms with E-state index in [0.717, 1.165) is 35.4 Å². The molecule has 3 aromatic rings. The van der Waals surface area contributed by atoms with Crippen molar-refractivity contribution in [1.82, 2.24) is 9.62 Å². The number of carbonyl (C=O) groups excluding carboxylic acids is 1. The zero-order valence-corrected chi connectivity index (χ0v) is 21.2. The van der Waals surface area contributed by atoms with Gasteiger partial charge in [0, 0.05) is 12.1 Å². The molecule has 4 rings (SSSR count). The van der Waals surface area contributed by atoms with Crippen molar-refractivity contribution in [3.05, 3.63) is 119 Å². The van der Waals surface area contributed by atoms with E-state index in [0.29, 0.717) is 10.9 Å². The van der Waals surface area contributed by atoms with Crippen LogP contribution in [0.3, 0.4) is 0 Å². The Bertz CT molecular complexity index is 1370. The van der Waals surface area contributed by atoms with E-state index in [-0.39, 0.29) is 23.8 Å². The fraction of sp³-hybridized carbons (Fsp3) is 0.222. The molecule has 0 saturated carbocycles. The van der Waals surface area contributed by atoms with Gasteiger partial charge in [-0.1, -0.05) is 66.7 Å². The van der Waals surface area contributed by atoms with Gasteiger partial charge < -0.3 is 14.8 Å². The van der Waals surface area contributed by atoms with Crippen LogP contribution in [0.2, 0.25) is 0 Å². The molecule has 1 aliphatic heterocycles. The third-order valence-electron chi connectivity index (χ3n) is 6.08. The molecule has 0 radical (unpaired) electrons. The smallest absolute Gasteiger partial charge is 0.332 e. The molecule has 1 aliphatic rings. The van der Waals surface area contributed by atoms with Crippen LogP contribution in [0.1, 0.15) is 11.1 Å². The van der Waals surface area contributed by atoms with Crippen molar-refractivity contribution in [2.75, 3.05) is 6.61 Å². The number of hydrogen-bond acceptors (Lipinski definition) is 7. The van der Waals surface area contributed by atoms with Gasteiger partial charge in [-0.15, -0.1) is 6.58 Å². The largest absolute Gasteiger partial charge is 0.374 e. The first kappa shape index (κ1) is 27.0. The lowest BCUT2D eigenvalue weighted by molar-refractivity contribution is -0.384. The first-order chi connectivity index (χ1) is 18.3. The van der Waals surface area contributed by atoms with E-state index < -0.39 is 39.2 Å². The summed E-state index contributed by atoms with van der Waals surface area (Å²) in [5.74, 6) is 0. The standard InChI is InChI=1S/C27H27N3O7S/c1-2-24-26(28-27(31)29(24)38(34,35)23-15-13-22(14-16-23)30(32)33)25(37-18-21-11-7-4-8-12-21)19-36-17-20-9-5-3-6-10-20/h2-16,24-26H,1,17-19H2,(H,28,31)/t24-,25-,26+/m1/s1. The van der Waals surface area contributed by atoms with Gasteiger partial charge in [-0.2, -0.15) is 0 Å². The van der Waals surface area contributed by atoms with Gasteiger partial charge in [-0.3, -0.25) is 10.1 Å². The maximum absolute atomic E-state index is 13.4. The van der Waals surface area contributed by atoms with Gasteiger partial charge >= 0.3 is 6.03 Å². The maximum atomic E-state index is 13.4. The zero-order chi connectivity index (χ0) is 27.1. The predicted octanol–water partition coefficient (Wildman–Crippen LogP) is 4.03. The van der Waals surface area contributed by atoms with Crippen molar-refractivity contribution in [1.29, 1.82) is 0 Å². The fourth-order valence-electron chi connectivity index (χ4n) is 4.15. The SMILES string of the molecule is C=C[C@@H]1[C@@H]([C@@H](COCc2ccccc2)OCc2ccccc2)NC(=O)N1S(=O)(=O)c1ccc([N+](=O)[O-])cc1. The van der Waals surface area contributed by atoms with Crippen molar-refractivity contribution in [3.8, 4) is 0 Å². The van der Waals surface area contributed by atoms with Gasteiger partial charge in [0.25, 0.3) is 15.7 Å². The summed E-state index contributed by atoms with van der Waals surface area (Å²) in [6, 6.07) is 20.7. The van der Waals surface area contributed by atoms with Crippen LogP contribution >= 0.6 is 0 Å². The Labute approximate surface area is 220 Å².